The van der Waals surface area contributed by atoms with Gasteiger partial charge in [-0.3, -0.25) is 5.01 Å². The lowest BCUT2D eigenvalue weighted by atomic mass is 9.90. The van der Waals surface area contributed by atoms with E-state index in [1.807, 2.05) is 35.0 Å². The minimum Gasteiger partial charge on any atom is -0.301 e. The number of carbonyl (C=O) groups is 1. The van der Waals surface area contributed by atoms with E-state index in [1.165, 1.54) is 0 Å². The van der Waals surface area contributed by atoms with E-state index >= 15 is 0 Å². The minimum absolute atomic E-state index is 0.0308. The van der Waals surface area contributed by atoms with Crippen LogP contribution in [0, 0.1) is 5.41 Å². The van der Waals surface area contributed by atoms with Crippen molar-refractivity contribution in [3.05, 3.63) is 66.2 Å². The highest BCUT2D eigenvalue weighted by molar-refractivity contribution is 5.80. The second-order valence-electron chi connectivity index (χ2n) is 10.3. The summed E-state index contributed by atoms with van der Waals surface area (Å²) in [5.74, 6) is 0.568. The molecule has 1 aromatic heterocycles. The van der Waals surface area contributed by atoms with Crippen LogP contribution in [0.15, 0.2) is 60.7 Å². The molecule has 190 valence electrons. The molecule has 2 heterocycles. The maximum Gasteiger partial charge on any atom is 0.336 e. The molecule has 4 rings (SSSR count). The van der Waals surface area contributed by atoms with Crippen molar-refractivity contribution >= 4 is 6.03 Å². The van der Waals surface area contributed by atoms with Crippen molar-refractivity contribution in [1.82, 2.24) is 35.5 Å². The number of allylic oxidation sites excluding steroid dienone is 1. The Hall–Kier alpha value is -3.52. The first-order valence-electron chi connectivity index (χ1n) is 12.7. The zero-order chi connectivity index (χ0) is 25.7. The number of unbranched alkanes of at least 4 members (excludes halogenated alkanes) is 1. The summed E-state index contributed by atoms with van der Waals surface area (Å²) < 4.78 is 0. The number of nitrogens with one attached hydrogen (secondary N) is 1. The maximum absolute atomic E-state index is 13.7. The molecule has 0 aliphatic carbocycles. The maximum atomic E-state index is 13.7. The summed E-state index contributed by atoms with van der Waals surface area (Å²) in [6.07, 6.45) is 6.18. The van der Waals surface area contributed by atoms with Crippen LogP contribution in [-0.4, -0.2) is 60.8 Å². The Bertz CT molecular complexity index is 1170. The Morgan fingerprint density at radius 3 is 2.39 bits per heavy atom. The number of hydrogen-bond donors (Lipinski definition) is 1. The van der Waals surface area contributed by atoms with Crippen LogP contribution in [0.4, 0.5) is 4.79 Å². The van der Waals surface area contributed by atoms with Gasteiger partial charge in [-0.1, -0.05) is 94.8 Å². The normalized spacial score (nSPS) is 17.0. The molecule has 8 heteroatoms. The van der Waals surface area contributed by atoms with Crippen LogP contribution in [0.25, 0.3) is 22.5 Å². The number of nitrogens with zero attached hydrogens (tertiary/aromatic N) is 6. The molecule has 1 unspecified atom stereocenters. The van der Waals surface area contributed by atoms with Gasteiger partial charge in [-0.05, 0) is 40.7 Å². The summed E-state index contributed by atoms with van der Waals surface area (Å²) >= 11 is 0. The Kier molecular flexibility index (Phi) is 7.84. The molecule has 1 N–H and O–H groups in total. The van der Waals surface area contributed by atoms with Crippen LogP contribution in [0.3, 0.4) is 0 Å². The van der Waals surface area contributed by atoms with E-state index in [0.717, 1.165) is 48.2 Å². The van der Waals surface area contributed by atoms with E-state index in [2.05, 4.69) is 95.8 Å². The highest BCUT2D eigenvalue weighted by Gasteiger charge is 2.48. The number of amides is 2. The van der Waals surface area contributed by atoms with Crippen LogP contribution in [0.5, 0.6) is 0 Å². The number of hydrogen-bond acceptors (Lipinski definition) is 5. The van der Waals surface area contributed by atoms with E-state index in [0.29, 0.717) is 12.4 Å². The number of hydrazine groups is 1. The lowest BCUT2D eigenvalue weighted by Gasteiger charge is -2.39. The molecular formula is C28H37N7O. The fourth-order valence-electron chi connectivity index (χ4n) is 4.86. The van der Waals surface area contributed by atoms with Crippen molar-refractivity contribution in [1.29, 1.82) is 0 Å². The number of aromatic amines is 1. The Labute approximate surface area is 214 Å². The quantitative estimate of drug-likeness (QED) is 0.390. The highest BCUT2D eigenvalue weighted by atomic mass is 16.2. The molecule has 2 aromatic carbocycles. The third-order valence-corrected chi connectivity index (χ3v) is 6.51. The molecule has 8 nitrogen and oxygen atoms in total. The van der Waals surface area contributed by atoms with Gasteiger partial charge in [0.1, 0.15) is 6.17 Å². The number of tetrazole rings is 1. The van der Waals surface area contributed by atoms with E-state index in [1.54, 1.807) is 0 Å². The van der Waals surface area contributed by atoms with Crippen LogP contribution < -0.4 is 0 Å². The molecule has 2 amide bonds. The predicted molar refractivity (Wildman–Crippen MR) is 142 cm³/mol. The van der Waals surface area contributed by atoms with Gasteiger partial charge in [0.15, 0.2) is 0 Å². The lowest BCUT2D eigenvalue weighted by Crippen LogP contribution is -2.50. The summed E-state index contributed by atoms with van der Waals surface area (Å²) in [7, 11) is 0. The van der Waals surface area contributed by atoms with Crippen LogP contribution >= 0.6 is 0 Å². The van der Waals surface area contributed by atoms with Gasteiger partial charge in [-0.25, -0.2) is 4.79 Å². The second kappa shape index (κ2) is 11.0. The topological polar surface area (TPSA) is 81.2 Å². The Balaban J connectivity index is 1.61. The number of aromatic nitrogens is 4. The molecule has 1 fully saturated rings. The monoisotopic (exact) mass is 487 g/mol. The number of benzene rings is 2. The van der Waals surface area contributed by atoms with Crippen LogP contribution in [0.2, 0.25) is 0 Å². The van der Waals surface area contributed by atoms with Crippen molar-refractivity contribution in [2.75, 3.05) is 13.1 Å². The number of urea groups is 1. The largest absolute Gasteiger partial charge is 0.336 e. The summed E-state index contributed by atoms with van der Waals surface area (Å²) in [4.78, 5) is 15.7. The molecule has 1 aliphatic heterocycles. The molecule has 0 radical (unpaired) electrons. The fourth-order valence-corrected chi connectivity index (χ4v) is 4.86. The number of carbonyl (C=O) groups excluding carboxylic acids is 1. The van der Waals surface area contributed by atoms with Crippen molar-refractivity contribution in [3.63, 3.8) is 0 Å². The average Bonchev–Trinajstić information content (AvgIpc) is 3.49. The van der Waals surface area contributed by atoms with Gasteiger partial charge < -0.3 is 4.90 Å². The number of H-pyrrole nitrogens is 1. The van der Waals surface area contributed by atoms with Gasteiger partial charge in [0, 0.05) is 25.2 Å². The molecule has 1 aliphatic rings. The number of rotatable bonds is 9. The molecule has 36 heavy (non-hydrogen) atoms. The van der Waals surface area contributed by atoms with Crippen molar-refractivity contribution < 1.29 is 4.79 Å². The highest BCUT2D eigenvalue weighted by Crippen LogP contribution is 2.36. The Morgan fingerprint density at radius 2 is 1.78 bits per heavy atom. The molecular weight excluding hydrogens is 450 g/mol. The second-order valence-corrected chi connectivity index (χ2v) is 10.3. The third kappa shape index (κ3) is 5.33. The SMILES string of the molecule is CC=CCN1C(C(C)(C)C)N(Cc2ccc(-c3ccccc3-c3nn[nH]n3)cc2)C(=O)N1CCCC. The standard InChI is InChI=1S/C28H37N7O/c1-6-8-18-34-26(28(3,4)5)33(27(36)35(34)19-9-7-2)20-21-14-16-22(17-15-21)23-12-10-11-13-24(23)25-29-31-32-30-25/h6,8,10-17,26H,7,9,18-20H2,1-5H3,(H,29,30,31,32). The van der Waals surface area contributed by atoms with Gasteiger partial charge in [0.05, 0.1) is 0 Å². The first kappa shape index (κ1) is 25.6. The van der Waals surface area contributed by atoms with Gasteiger partial charge in [0.25, 0.3) is 0 Å². The minimum atomic E-state index is -0.109. The zero-order valence-corrected chi connectivity index (χ0v) is 22.0. The molecule has 1 atom stereocenters. The van der Waals surface area contributed by atoms with Crippen molar-refractivity contribution in [3.8, 4) is 22.5 Å². The van der Waals surface area contributed by atoms with Crippen LogP contribution in [-0.2, 0) is 6.54 Å². The molecule has 3 aromatic rings. The first-order chi connectivity index (χ1) is 17.3. The summed E-state index contributed by atoms with van der Waals surface area (Å²) in [5, 5.41) is 18.7. The van der Waals surface area contributed by atoms with Crippen molar-refractivity contribution in [2.45, 2.75) is 60.2 Å². The van der Waals surface area contributed by atoms with E-state index < -0.39 is 0 Å². The van der Waals surface area contributed by atoms with E-state index in [-0.39, 0.29) is 17.6 Å². The van der Waals surface area contributed by atoms with Gasteiger partial charge in [-0.2, -0.15) is 10.2 Å². The Morgan fingerprint density at radius 1 is 1.06 bits per heavy atom. The average molecular weight is 488 g/mol. The summed E-state index contributed by atoms with van der Waals surface area (Å²) in [6, 6.07) is 16.5. The molecule has 0 saturated carbocycles. The van der Waals surface area contributed by atoms with Crippen LogP contribution in [0.1, 0.15) is 53.0 Å². The van der Waals surface area contributed by atoms with Gasteiger partial charge in [0.2, 0.25) is 5.82 Å². The predicted octanol–water partition coefficient (Wildman–Crippen LogP) is 5.74. The molecule has 1 saturated heterocycles. The summed E-state index contributed by atoms with van der Waals surface area (Å²) in [5.41, 5.74) is 4.02. The van der Waals surface area contributed by atoms with Gasteiger partial charge in [-0.15, -0.1) is 10.2 Å². The lowest BCUT2D eigenvalue weighted by molar-refractivity contribution is -0.0370. The van der Waals surface area contributed by atoms with Crippen molar-refractivity contribution in [2.24, 2.45) is 5.41 Å². The first-order valence-corrected chi connectivity index (χ1v) is 12.7. The van der Waals surface area contributed by atoms with E-state index in [4.69, 9.17) is 0 Å². The van der Waals surface area contributed by atoms with E-state index in [9.17, 15) is 4.79 Å². The molecule has 0 spiro atoms. The summed E-state index contributed by atoms with van der Waals surface area (Å²) in [6.45, 7) is 12.8. The third-order valence-electron chi connectivity index (χ3n) is 6.51. The zero-order valence-electron chi connectivity index (χ0n) is 22.0. The smallest absolute Gasteiger partial charge is 0.301 e. The fraction of sp³-hybridized carbons (Fsp3) is 0.429. The molecule has 0 bridgehead atoms. The van der Waals surface area contributed by atoms with Gasteiger partial charge >= 0.3 is 6.03 Å².